The summed E-state index contributed by atoms with van der Waals surface area (Å²) < 4.78 is 4.59. The van der Waals surface area contributed by atoms with Gasteiger partial charge in [-0.25, -0.2) is 0 Å². The molecule has 2 N–H and O–H groups in total. The number of carbonyl (C=O) groups excluding carboxylic acids is 3. The predicted octanol–water partition coefficient (Wildman–Crippen LogP) is 1.88. The Hall–Kier alpha value is -1.79. The third kappa shape index (κ3) is 2.37. The molecule has 28 heavy (non-hydrogen) atoms. The number of Topliss-reactive ketones (excluding diaryl/α,β-unsaturated/α-hetero) is 1. The molecule has 0 heterocycles. The van der Waals surface area contributed by atoms with Crippen molar-refractivity contribution in [3.63, 3.8) is 0 Å². The second-order valence-electron chi connectivity index (χ2n) is 9.35. The zero-order valence-corrected chi connectivity index (χ0v) is 16.4. The van der Waals surface area contributed by atoms with E-state index in [2.05, 4.69) is 17.7 Å². The van der Waals surface area contributed by atoms with E-state index in [4.69, 9.17) is 0 Å². The first-order chi connectivity index (χ1) is 13.2. The van der Waals surface area contributed by atoms with Gasteiger partial charge in [-0.1, -0.05) is 31.1 Å². The molecular formula is C22H28O6. The van der Waals surface area contributed by atoms with Crippen LogP contribution in [0.5, 0.6) is 0 Å². The van der Waals surface area contributed by atoms with Crippen LogP contribution in [0.15, 0.2) is 23.3 Å². The Labute approximate surface area is 164 Å². The van der Waals surface area contributed by atoms with Crippen LogP contribution in [0, 0.1) is 22.7 Å². The van der Waals surface area contributed by atoms with Crippen LogP contribution in [-0.4, -0.2) is 46.6 Å². The summed E-state index contributed by atoms with van der Waals surface area (Å²) in [5.41, 5.74) is -0.394. The van der Waals surface area contributed by atoms with Crippen LogP contribution in [0.25, 0.3) is 0 Å². The Morgan fingerprint density at radius 1 is 1.36 bits per heavy atom. The van der Waals surface area contributed by atoms with Crippen LogP contribution >= 0.6 is 0 Å². The second-order valence-corrected chi connectivity index (χ2v) is 9.35. The lowest BCUT2D eigenvalue weighted by Gasteiger charge is -2.54. The fourth-order valence-electron chi connectivity index (χ4n) is 6.60. The van der Waals surface area contributed by atoms with Gasteiger partial charge in [-0.15, -0.1) is 0 Å². The van der Waals surface area contributed by atoms with E-state index in [0.29, 0.717) is 19.3 Å². The van der Waals surface area contributed by atoms with Crippen molar-refractivity contribution in [2.75, 3.05) is 6.61 Å². The standard InChI is InChI=1S/C22H28O6/c1-20-7-5-14(24)9-13(20)3-4-15-16(20)6-8-21(2)17(15)10-18(25)22(21,27)19(26)11-28-12-23/h6,9,12,15,17-18,25,27H,3-5,7-8,10-11H2,1-2H3/t15-,17+,18-,20+,21+,22+/m1/s1. The fraction of sp³-hybridized carbons (Fsp3) is 0.682. The van der Waals surface area contributed by atoms with Gasteiger partial charge in [0.1, 0.15) is 0 Å². The summed E-state index contributed by atoms with van der Waals surface area (Å²) in [5, 5.41) is 22.1. The molecule has 0 saturated heterocycles. The molecule has 0 radical (unpaired) electrons. The van der Waals surface area contributed by atoms with Gasteiger partial charge in [-0.3, -0.25) is 14.4 Å². The van der Waals surface area contributed by atoms with Gasteiger partial charge < -0.3 is 14.9 Å². The van der Waals surface area contributed by atoms with Crippen molar-refractivity contribution in [2.45, 2.75) is 64.1 Å². The van der Waals surface area contributed by atoms with E-state index < -0.39 is 29.5 Å². The molecule has 0 unspecified atom stereocenters. The summed E-state index contributed by atoms with van der Waals surface area (Å²) >= 11 is 0. The summed E-state index contributed by atoms with van der Waals surface area (Å²) in [6.07, 6.45) is 6.60. The molecule has 6 nitrogen and oxygen atoms in total. The van der Waals surface area contributed by atoms with E-state index in [0.717, 1.165) is 19.3 Å². The minimum absolute atomic E-state index is 0.0383. The monoisotopic (exact) mass is 388 g/mol. The van der Waals surface area contributed by atoms with Gasteiger partial charge in [0.15, 0.2) is 18.0 Å². The highest BCUT2D eigenvalue weighted by Gasteiger charge is 2.68. The average Bonchev–Trinajstić information content (AvgIpc) is 2.88. The van der Waals surface area contributed by atoms with Gasteiger partial charge in [-0.2, -0.15) is 0 Å². The van der Waals surface area contributed by atoms with E-state index in [1.807, 2.05) is 13.0 Å². The molecule has 0 bridgehead atoms. The van der Waals surface area contributed by atoms with Crippen LogP contribution in [0.3, 0.4) is 0 Å². The lowest BCUT2D eigenvalue weighted by Crippen LogP contribution is -2.59. The molecule has 4 rings (SSSR count). The summed E-state index contributed by atoms with van der Waals surface area (Å²) in [6, 6.07) is 0. The van der Waals surface area contributed by atoms with Crippen LogP contribution in [0.1, 0.15) is 52.4 Å². The van der Waals surface area contributed by atoms with Crippen molar-refractivity contribution in [3.8, 4) is 0 Å². The summed E-state index contributed by atoms with van der Waals surface area (Å²) in [6.45, 7) is 3.72. The Balaban J connectivity index is 1.73. The molecule has 0 aromatic heterocycles. The van der Waals surface area contributed by atoms with Crippen LogP contribution in [0.4, 0.5) is 0 Å². The van der Waals surface area contributed by atoms with Crippen LogP contribution < -0.4 is 0 Å². The summed E-state index contributed by atoms with van der Waals surface area (Å²) in [5.74, 6) is -0.320. The highest BCUT2D eigenvalue weighted by molar-refractivity contribution is 5.92. The van der Waals surface area contributed by atoms with E-state index in [-0.39, 0.29) is 29.5 Å². The summed E-state index contributed by atoms with van der Waals surface area (Å²) in [4.78, 5) is 35.1. The molecule has 2 saturated carbocycles. The zero-order valence-electron chi connectivity index (χ0n) is 16.4. The molecule has 0 aromatic carbocycles. The minimum Gasteiger partial charge on any atom is -0.460 e. The topological polar surface area (TPSA) is 101 Å². The highest BCUT2D eigenvalue weighted by Crippen LogP contribution is 2.65. The summed E-state index contributed by atoms with van der Waals surface area (Å²) in [7, 11) is 0. The number of hydrogen-bond donors (Lipinski definition) is 2. The normalized spacial score (nSPS) is 44.6. The number of ketones is 2. The maximum Gasteiger partial charge on any atom is 0.293 e. The Bertz CT molecular complexity index is 797. The first-order valence-corrected chi connectivity index (χ1v) is 10.1. The van der Waals surface area contributed by atoms with Crippen molar-refractivity contribution in [3.05, 3.63) is 23.3 Å². The molecule has 2 fully saturated rings. The largest absolute Gasteiger partial charge is 0.460 e. The molecule has 0 amide bonds. The number of aliphatic hydroxyl groups is 2. The van der Waals surface area contributed by atoms with Gasteiger partial charge in [0, 0.05) is 17.3 Å². The maximum atomic E-state index is 12.7. The lowest BCUT2D eigenvalue weighted by molar-refractivity contribution is -0.172. The number of fused-ring (bicyclic) bond motifs is 5. The molecule has 0 spiro atoms. The van der Waals surface area contributed by atoms with E-state index >= 15 is 0 Å². The molecule has 0 aliphatic heterocycles. The second kappa shape index (κ2) is 6.36. The molecule has 0 aromatic rings. The van der Waals surface area contributed by atoms with Crippen molar-refractivity contribution in [2.24, 2.45) is 22.7 Å². The van der Waals surface area contributed by atoms with Crippen LogP contribution in [-0.2, 0) is 19.1 Å². The highest BCUT2D eigenvalue weighted by atomic mass is 16.5. The third-order valence-electron chi connectivity index (χ3n) is 8.26. The number of carbonyl (C=O) groups is 3. The number of aliphatic hydroxyl groups excluding tert-OH is 1. The number of hydrogen-bond acceptors (Lipinski definition) is 6. The Morgan fingerprint density at radius 3 is 2.82 bits per heavy atom. The molecule has 6 atom stereocenters. The van der Waals surface area contributed by atoms with Crippen LogP contribution in [0.2, 0.25) is 0 Å². The van der Waals surface area contributed by atoms with Crippen molar-refractivity contribution in [1.82, 2.24) is 0 Å². The quantitative estimate of drug-likeness (QED) is 0.563. The Kier molecular flexibility index (Phi) is 4.43. The fourth-order valence-corrected chi connectivity index (χ4v) is 6.60. The van der Waals surface area contributed by atoms with Gasteiger partial charge in [-0.05, 0) is 50.0 Å². The molecular weight excluding hydrogens is 360 g/mol. The molecule has 152 valence electrons. The molecule has 4 aliphatic carbocycles. The number of allylic oxidation sites excluding steroid dienone is 4. The molecule has 6 heteroatoms. The third-order valence-corrected chi connectivity index (χ3v) is 8.26. The van der Waals surface area contributed by atoms with Crippen molar-refractivity contribution in [1.29, 1.82) is 0 Å². The van der Waals surface area contributed by atoms with Crippen molar-refractivity contribution < 1.29 is 29.3 Å². The first kappa shape index (κ1) is 19.5. The predicted molar refractivity (Wildman–Crippen MR) is 100 cm³/mol. The van der Waals surface area contributed by atoms with Gasteiger partial charge in [0.25, 0.3) is 6.47 Å². The van der Waals surface area contributed by atoms with E-state index in [1.165, 1.54) is 11.1 Å². The van der Waals surface area contributed by atoms with Crippen molar-refractivity contribution >= 4 is 18.0 Å². The maximum absolute atomic E-state index is 12.7. The lowest BCUT2D eigenvalue weighted by atomic mass is 9.50. The minimum atomic E-state index is -1.93. The van der Waals surface area contributed by atoms with E-state index in [1.54, 1.807) is 0 Å². The zero-order chi connectivity index (χ0) is 20.3. The van der Waals surface area contributed by atoms with E-state index in [9.17, 15) is 24.6 Å². The SMILES string of the molecule is C[C@]12CCC(=O)C=C1CC[C@@H]1C2=CC[C@@]2(C)[C@H]1C[C@@H](O)[C@]2(O)C(=O)COC=O. The van der Waals surface area contributed by atoms with Gasteiger partial charge in [0.2, 0.25) is 5.78 Å². The Morgan fingerprint density at radius 2 is 2.11 bits per heavy atom. The number of rotatable bonds is 4. The average molecular weight is 388 g/mol. The first-order valence-electron chi connectivity index (χ1n) is 10.1. The molecule has 4 aliphatic rings. The van der Waals surface area contributed by atoms with Gasteiger partial charge >= 0.3 is 0 Å². The smallest absolute Gasteiger partial charge is 0.293 e. The van der Waals surface area contributed by atoms with Gasteiger partial charge in [0.05, 0.1) is 6.10 Å². The number of ether oxygens (including phenoxy) is 1.